The largest absolute Gasteiger partial charge is 0.333 e. The third-order valence-electron chi connectivity index (χ3n) is 6.11. The molecule has 0 radical (unpaired) electrons. The minimum atomic E-state index is -0.0892. The van der Waals surface area contributed by atoms with Crippen LogP contribution in [0.25, 0.3) is 0 Å². The monoisotopic (exact) mass is 454 g/mol. The van der Waals surface area contributed by atoms with Gasteiger partial charge in [-0.3, -0.25) is 9.59 Å². The van der Waals surface area contributed by atoms with Crippen molar-refractivity contribution >= 4 is 23.2 Å². The maximum atomic E-state index is 13.6. The van der Waals surface area contributed by atoms with Gasteiger partial charge in [-0.2, -0.15) is 0 Å². The van der Waals surface area contributed by atoms with Crippen molar-refractivity contribution in [3.8, 4) is 0 Å². The van der Waals surface area contributed by atoms with E-state index < -0.39 is 0 Å². The average Bonchev–Trinajstić information content (AvgIpc) is 3.20. The Kier molecular flexibility index (Phi) is 7.81. The summed E-state index contributed by atoms with van der Waals surface area (Å²) in [6.07, 6.45) is 2.17. The second-order valence-electron chi connectivity index (χ2n) is 10.3. The highest BCUT2D eigenvalue weighted by Crippen LogP contribution is 2.38. The van der Waals surface area contributed by atoms with Gasteiger partial charge in [-0.25, -0.2) is 0 Å². The molecule has 0 bridgehead atoms. The summed E-state index contributed by atoms with van der Waals surface area (Å²) in [6, 6.07) is 10.8. The standard InChI is InChI=1S/C27H38N2O2S/c1-7-8-24(30)28(17-19(2)3)18-25(31)29-15-13-23-22(14-16-32-23)26(29)20-9-11-21(12-10-20)27(4,5)6/h9-12,14,16,19,26H,7-8,13,15,17-18H2,1-6H3. The molecule has 1 unspecified atom stereocenters. The van der Waals surface area contributed by atoms with E-state index in [0.717, 1.165) is 18.4 Å². The van der Waals surface area contributed by atoms with Gasteiger partial charge in [0.05, 0.1) is 12.6 Å². The average molecular weight is 455 g/mol. The van der Waals surface area contributed by atoms with Crippen molar-refractivity contribution in [1.82, 2.24) is 9.80 Å². The van der Waals surface area contributed by atoms with E-state index in [1.807, 2.05) is 11.8 Å². The maximum absolute atomic E-state index is 13.6. The van der Waals surface area contributed by atoms with Crippen LogP contribution in [0.15, 0.2) is 35.7 Å². The van der Waals surface area contributed by atoms with E-state index in [9.17, 15) is 9.59 Å². The van der Waals surface area contributed by atoms with E-state index in [4.69, 9.17) is 0 Å². The summed E-state index contributed by atoms with van der Waals surface area (Å²) in [7, 11) is 0. The Morgan fingerprint density at radius 1 is 1.16 bits per heavy atom. The molecule has 1 atom stereocenters. The zero-order valence-electron chi connectivity index (χ0n) is 20.5. The molecule has 1 aliphatic rings. The first-order chi connectivity index (χ1) is 15.1. The molecule has 0 saturated heterocycles. The van der Waals surface area contributed by atoms with E-state index in [0.29, 0.717) is 25.4 Å². The first-order valence-corrected chi connectivity index (χ1v) is 12.7. The summed E-state index contributed by atoms with van der Waals surface area (Å²) in [6.45, 7) is 14.3. The Morgan fingerprint density at radius 2 is 1.84 bits per heavy atom. The molecule has 3 rings (SSSR count). The van der Waals surface area contributed by atoms with Gasteiger partial charge in [0, 0.05) is 24.4 Å². The third-order valence-corrected chi connectivity index (χ3v) is 7.10. The lowest BCUT2D eigenvalue weighted by Crippen LogP contribution is -2.47. The highest BCUT2D eigenvalue weighted by Gasteiger charge is 2.34. The van der Waals surface area contributed by atoms with Crippen LogP contribution in [-0.4, -0.2) is 41.2 Å². The van der Waals surface area contributed by atoms with Crippen LogP contribution in [0.2, 0.25) is 0 Å². The number of carbonyl (C=O) groups excluding carboxylic acids is 2. The van der Waals surface area contributed by atoms with Gasteiger partial charge in [0.1, 0.15) is 0 Å². The summed E-state index contributed by atoms with van der Waals surface area (Å²) < 4.78 is 0. The van der Waals surface area contributed by atoms with Crippen molar-refractivity contribution < 1.29 is 9.59 Å². The first-order valence-electron chi connectivity index (χ1n) is 11.9. The minimum Gasteiger partial charge on any atom is -0.333 e. The second kappa shape index (κ2) is 10.2. The molecule has 0 saturated carbocycles. The van der Waals surface area contributed by atoms with Crippen LogP contribution < -0.4 is 0 Å². The Labute approximate surface area is 197 Å². The topological polar surface area (TPSA) is 40.6 Å². The first kappa shape index (κ1) is 24.5. The Balaban J connectivity index is 1.90. The molecule has 4 nitrogen and oxygen atoms in total. The molecule has 5 heteroatoms. The van der Waals surface area contributed by atoms with Gasteiger partial charge < -0.3 is 9.80 Å². The highest BCUT2D eigenvalue weighted by atomic mass is 32.1. The van der Waals surface area contributed by atoms with Crippen LogP contribution in [0.4, 0.5) is 0 Å². The number of amides is 2. The van der Waals surface area contributed by atoms with Crippen LogP contribution in [0, 0.1) is 5.92 Å². The van der Waals surface area contributed by atoms with Gasteiger partial charge in [-0.05, 0) is 52.3 Å². The fourth-order valence-corrected chi connectivity index (χ4v) is 5.34. The van der Waals surface area contributed by atoms with Gasteiger partial charge in [-0.15, -0.1) is 11.3 Å². The molecule has 1 aliphatic heterocycles. The Bertz CT molecular complexity index is 924. The predicted octanol–water partition coefficient (Wildman–Crippen LogP) is 5.80. The van der Waals surface area contributed by atoms with Gasteiger partial charge in [-0.1, -0.05) is 65.8 Å². The van der Waals surface area contributed by atoms with Crippen LogP contribution in [-0.2, 0) is 21.4 Å². The minimum absolute atomic E-state index is 0.0388. The number of benzene rings is 1. The van der Waals surface area contributed by atoms with Crippen molar-refractivity contribution in [3.63, 3.8) is 0 Å². The van der Waals surface area contributed by atoms with Gasteiger partial charge in [0.2, 0.25) is 11.8 Å². The number of hydrogen-bond acceptors (Lipinski definition) is 3. The number of thiophene rings is 1. The summed E-state index contributed by atoms with van der Waals surface area (Å²) >= 11 is 1.78. The van der Waals surface area contributed by atoms with Gasteiger partial charge in [0.25, 0.3) is 0 Å². The third kappa shape index (κ3) is 5.61. The van der Waals surface area contributed by atoms with Crippen molar-refractivity contribution in [2.45, 2.75) is 72.3 Å². The molecule has 2 amide bonds. The molecule has 32 heavy (non-hydrogen) atoms. The molecule has 1 aromatic carbocycles. The SMILES string of the molecule is CCCC(=O)N(CC(=O)N1CCc2sccc2C1c1ccc(C(C)(C)C)cc1)CC(C)C. The molecular weight excluding hydrogens is 416 g/mol. The van der Waals surface area contributed by atoms with Crippen LogP contribution >= 0.6 is 11.3 Å². The lowest BCUT2D eigenvalue weighted by atomic mass is 9.85. The van der Waals surface area contributed by atoms with Crippen molar-refractivity contribution in [2.24, 2.45) is 5.92 Å². The maximum Gasteiger partial charge on any atom is 0.242 e. The normalized spacial score (nSPS) is 16.2. The van der Waals surface area contributed by atoms with Crippen molar-refractivity contribution in [1.29, 1.82) is 0 Å². The molecule has 2 heterocycles. The number of hydrogen-bond donors (Lipinski definition) is 0. The van der Waals surface area contributed by atoms with Crippen LogP contribution in [0.5, 0.6) is 0 Å². The lowest BCUT2D eigenvalue weighted by molar-refractivity contribution is -0.142. The molecule has 0 aliphatic carbocycles. The lowest BCUT2D eigenvalue weighted by Gasteiger charge is -2.38. The summed E-state index contributed by atoms with van der Waals surface area (Å²) in [5.41, 5.74) is 3.74. The van der Waals surface area contributed by atoms with E-state index in [2.05, 4.69) is 70.3 Å². The van der Waals surface area contributed by atoms with Crippen molar-refractivity contribution in [3.05, 3.63) is 57.3 Å². The van der Waals surface area contributed by atoms with Gasteiger partial charge in [0.15, 0.2) is 0 Å². The number of rotatable bonds is 7. The fraction of sp³-hybridized carbons (Fsp3) is 0.556. The second-order valence-corrected chi connectivity index (χ2v) is 11.3. The molecule has 0 N–H and O–H groups in total. The fourth-order valence-electron chi connectivity index (χ4n) is 4.43. The highest BCUT2D eigenvalue weighted by molar-refractivity contribution is 7.10. The smallest absolute Gasteiger partial charge is 0.242 e. The van der Waals surface area contributed by atoms with E-state index in [1.165, 1.54) is 16.0 Å². The Hall–Kier alpha value is -2.14. The van der Waals surface area contributed by atoms with Crippen molar-refractivity contribution in [2.75, 3.05) is 19.6 Å². The number of nitrogens with zero attached hydrogens (tertiary/aromatic N) is 2. The molecule has 174 valence electrons. The molecule has 2 aromatic rings. The molecule has 0 spiro atoms. The Morgan fingerprint density at radius 3 is 2.44 bits per heavy atom. The van der Waals surface area contributed by atoms with Crippen LogP contribution in [0.1, 0.15) is 82.0 Å². The predicted molar refractivity (Wildman–Crippen MR) is 133 cm³/mol. The summed E-state index contributed by atoms with van der Waals surface area (Å²) in [4.78, 5) is 31.4. The van der Waals surface area contributed by atoms with E-state index >= 15 is 0 Å². The van der Waals surface area contributed by atoms with E-state index in [-0.39, 0.29) is 29.8 Å². The van der Waals surface area contributed by atoms with E-state index in [1.54, 1.807) is 16.2 Å². The molecule has 0 fully saturated rings. The molecular formula is C27H38N2O2S. The summed E-state index contributed by atoms with van der Waals surface area (Å²) in [5, 5.41) is 2.13. The summed E-state index contributed by atoms with van der Waals surface area (Å²) in [5.74, 6) is 0.444. The van der Waals surface area contributed by atoms with Crippen LogP contribution in [0.3, 0.4) is 0 Å². The molecule has 1 aromatic heterocycles. The number of carbonyl (C=O) groups is 2. The number of fused-ring (bicyclic) bond motifs is 1. The zero-order valence-corrected chi connectivity index (χ0v) is 21.3. The quantitative estimate of drug-likeness (QED) is 0.530. The zero-order chi connectivity index (χ0) is 23.5. The van der Waals surface area contributed by atoms with Gasteiger partial charge >= 0.3 is 0 Å².